The second-order valence-electron chi connectivity index (χ2n) is 3.97. The molecule has 0 saturated heterocycles. The molecule has 2 aromatic rings. The summed E-state index contributed by atoms with van der Waals surface area (Å²) < 4.78 is 0. The number of benzene rings is 1. The summed E-state index contributed by atoms with van der Waals surface area (Å²) in [6.45, 7) is 4.26. The molecule has 0 aliphatic carbocycles. The Bertz CT molecular complexity index is 497. The van der Waals surface area contributed by atoms with Crippen molar-refractivity contribution in [2.75, 3.05) is 11.9 Å². The van der Waals surface area contributed by atoms with E-state index in [1.165, 1.54) is 11.9 Å². The Hall–Kier alpha value is -1.68. The minimum absolute atomic E-state index is 0.394. The molecule has 0 radical (unpaired) electrons. The van der Waals surface area contributed by atoms with E-state index >= 15 is 0 Å². The summed E-state index contributed by atoms with van der Waals surface area (Å²) in [5.74, 6) is 0.773. The van der Waals surface area contributed by atoms with E-state index in [2.05, 4.69) is 15.3 Å². The highest BCUT2D eigenvalue weighted by Crippen LogP contribution is 2.20. The molecule has 0 amide bonds. The van der Waals surface area contributed by atoms with Crippen molar-refractivity contribution in [2.24, 2.45) is 0 Å². The minimum Gasteiger partial charge on any atom is -0.392 e. The average Bonchev–Trinajstić information content (AvgIpc) is 2.26. The SMILES string of the molecule is Cc1ccc2ncnc(NCC(C)O)c2c1. The molecule has 2 rings (SSSR count). The van der Waals surface area contributed by atoms with Crippen molar-refractivity contribution < 1.29 is 5.11 Å². The van der Waals surface area contributed by atoms with Gasteiger partial charge < -0.3 is 10.4 Å². The van der Waals surface area contributed by atoms with Crippen molar-refractivity contribution >= 4 is 16.7 Å². The number of hydrogen-bond acceptors (Lipinski definition) is 4. The maximum Gasteiger partial charge on any atom is 0.137 e. The molecule has 1 atom stereocenters. The lowest BCUT2D eigenvalue weighted by Crippen LogP contribution is -2.16. The monoisotopic (exact) mass is 217 g/mol. The van der Waals surface area contributed by atoms with E-state index in [0.29, 0.717) is 6.54 Å². The van der Waals surface area contributed by atoms with Crippen LogP contribution in [0.2, 0.25) is 0 Å². The van der Waals surface area contributed by atoms with Gasteiger partial charge in [0.15, 0.2) is 0 Å². The molecule has 1 unspecified atom stereocenters. The first-order valence-corrected chi connectivity index (χ1v) is 5.30. The van der Waals surface area contributed by atoms with Crippen molar-refractivity contribution in [3.8, 4) is 0 Å². The Balaban J connectivity index is 2.40. The van der Waals surface area contributed by atoms with Gasteiger partial charge in [-0.25, -0.2) is 9.97 Å². The number of aryl methyl sites for hydroxylation is 1. The van der Waals surface area contributed by atoms with Gasteiger partial charge in [0.05, 0.1) is 11.6 Å². The lowest BCUT2D eigenvalue weighted by atomic mass is 10.1. The van der Waals surface area contributed by atoms with Gasteiger partial charge >= 0.3 is 0 Å². The van der Waals surface area contributed by atoms with E-state index in [9.17, 15) is 5.11 Å². The smallest absolute Gasteiger partial charge is 0.137 e. The van der Waals surface area contributed by atoms with Crippen LogP contribution < -0.4 is 5.32 Å². The van der Waals surface area contributed by atoms with Crippen LogP contribution in [0.4, 0.5) is 5.82 Å². The fourth-order valence-corrected chi connectivity index (χ4v) is 1.56. The number of rotatable bonds is 3. The molecular formula is C12H15N3O. The first kappa shape index (κ1) is 10.8. The fraction of sp³-hybridized carbons (Fsp3) is 0.333. The van der Waals surface area contributed by atoms with Gasteiger partial charge in [-0.1, -0.05) is 11.6 Å². The van der Waals surface area contributed by atoms with Gasteiger partial charge in [-0.05, 0) is 26.0 Å². The predicted molar refractivity (Wildman–Crippen MR) is 64.4 cm³/mol. The number of anilines is 1. The van der Waals surface area contributed by atoms with Gasteiger partial charge in [0, 0.05) is 11.9 Å². The van der Waals surface area contributed by atoms with Crippen LogP contribution in [0.5, 0.6) is 0 Å². The zero-order chi connectivity index (χ0) is 11.5. The molecule has 0 bridgehead atoms. The normalized spacial score (nSPS) is 12.7. The Labute approximate surface area is 94.4 Å². The van der Waals surface area contributed by atoms with Crippen LogP contribution in [0.25, 0.3) is 10.9 Å². The van der Waals surface area contributed by atoms with Crippen LogP contribution in [0.15, 0.2) is 24.5 Å². The molecule has 0 aliphatic heterocycles. The summed E-state index contributed by atoms with van der Waals surface area (Å²) in [5.41, 5.74) is 2.08. The largest absolute Gasteiger partial charge is 0.392 e. The molecule has 4 heteroatoms. The number of aliphatic hydroxyl groups is 1. The van der Waals surface area contributed by atoms with E-state index in [1.807, 2.05) is 25.1 Å². The van der Waals surface area contributed by atoms with Gasteiger partial charge in [-0.2, -0.15) is 0 Å². The van der Waals surface area contributed by atoms with E-state index < -0.39 is 6.10 Å². The number of nitrogens with zero attached hydrogens (tertiary/aromatic N) is 2. The third-order valence-corrected chi connectivity index (χ3v) is 2.36. The lowest BCUT2D eigenvalue weighted by Gasteiger charge is -2.09. The number of nitrogens with one attached hydrogen (secondary N) is 1. The van der Waals surface area contributed by atoms with E-state index in [0.717, 1.165) is 16.7 Å². The number of aliphatic hydroxyl groups excluding tert-OH is 1. The molecule has 1 heterocycles. The molecule has 4 nitrogen and oxygen atoms in total. The van der Waals surface area contributed by atoms with E-state index in [-0.39, 0.29) is 0 Å². The van der Waals surface area contributed by atoms with Crippen LogP contribution in [-0.2, 0) is 0 Å². The summed E-state index contributed by atoms with van der Waals surface area (Å²) in [6.07, 6.45) is 1.14. The van der Waals surface area contributed by atoms with Crippen molar-refractivity contribution in [3.05, 3.63) is 30.1 Å². The fourth-order valence-electron chi connectivity index (χ4n) is 1.56. The second-order valence-corrected chi connectivity index (χ2v) is 3.97. The molecule has 2 N–H and O–H groups in total. The summed E-state index contributed by atoms with van der Waals surface area (Å²) in [6, 6.07) is 6.04. The van der Waals surface area contributed by atoms with Gasteiger partial charge in [0.2, 0.25) is 0 Å². The zero-order valence-corrected chi connectivity index (χ0v) is 9.44. The topological polar surface area (TPSA) is 58.0 Å². The molecule has 0 spiro atoms. The molecule has 1 aromatic carbocycles. The molecule has 0 saturated carbocycles. The summed E-state index contributed by atoms with van der Waals surface area (Å²) in [4.78, 5) is 8.38. The number of aromatic nitrogens is 2. The highest BCUT2D eigenvalue weighted by molar-refractivity contribution is 5.89. The quantitative estimate of drug-likeness (QED) is 0.822. The highest BCUT2D eigenvalue weighted by atomic mass is 16.3. The first-order chi connectivity index (χ1) is 7.66. The van der Waals surface area contributed by atoms with Gasteiger partial charge in [-0.15, -0.1) is 0 Å². The molecule has 0 aliphatic rings. The third kappa shape index (κ3) is 2.28. The average molecular weight is 217 g/mol. The Morgan fingerprint density at radius 3 is 2.94 bits per heavy atom. The Kier molecular flexibility index (Phi) is 3.01. The molecular weight excluding hydrogens is 202 g/mol. The molecule has 0 fully saturated rings. The molecule has 16 heavy (non-hydrogen) atoms. The van der Waals surface area contributed by atoms with Gasteiger partial charge in [-0.3, -0.25) is 0 Å². The third-order valence-electron chi connectivity index (χ3n) is 2.36. The summed E-state index contributed by atoms with van der Waals surface area (Å²) >= 11 is 0. The second kappa shape index (κ2) is 4.45. The van der Waals surface area contributed by atoms with E-state index in [4.69, 9.17) is 0 Å². The summed E-state index contributed by atoms with van der Waals surface area (Å²) in [5, 5.41) is 13.3. The molecule has 84 valence electrons. The van der Waals surface area contributed by atoms with Crippen molar-refractivity contribution in [3.63, 3.8) is 0 Å². The first-order valence-electron chi connectivity index (χ1n) is 5.30. The number of fused-ring (bicyclic) bond motifs is 1. The zero-order valence-electron chi connectivity index (χ0n) is 9.44. The number of hydrogen-bond donors (Lipinski definition) is 2. The van der Waals surface area contributed by atoms with Crippen LogP contribution in [0.1, 0.15) is 12.5 Å². The maximum absolute atomic E-state index is 9.23. The molecule has 1 aromatic heterocycles. The van der Waals surface area contributed by atoms with Crippen LogP contribution in [0.3, 0.4) is 0 Å². The van der Waals surface area contributed by atoms with Crippen molar-refractivity contribution in [1.29, 1.82) is 0 Å². The maximum atomic E-state index is 9.23. The van der Waals surface area contributed by atoms with Crippen LogP contribution >= 0.6 is 0 Å². The van der Waals surface area contributed by atoms with E-state index in [1.54, 1.807) is 6.92 Å². The van der Waals surface area contributed by atoms with Gasteiger partial charge in [0.1, 0.15) is 12.1 Å². The minimum atomic E-state index is -0.394. The van der Waals surface area contributed by atoms with Gasteiger partial charge in [0.25, 0.3) is 0 Å². The standard InChI is InChI=1S/C12H15N3O/c1-8-3-4-11-10(5-8)12(15-7-14-11)13-6-9(2)16/h3-5,7,9,16H,6H2,1-2H3,(H,13,14,15). The van der Waals surface area contributed by atoms with Crippen LogP contribution in [0, 0.1) is 6.92 Å². The lowest BCUT2D eigenvalue weighted by molar-refractivity contribution is 0.208. The van der Waals surface area contributed by atoms with Crippen LogP contribution in [-0.4, -0.2) is 27.7 Å². The van der Waals surface area contributed by atoms with Crippen molar-refractivity contribution in [1.82, 2.24) is 9.97 Å². The summed E-state index contributed by atoms with van der Waals surface area (Å²) in [7, 11) is 0. The Morgan fingerprint density at radius 2 is 2.19 bits per heavy atom. The highest BCUT2D eigenvalue weighted by Gasteiger charge is 2.04. The predicted octanol–water partition coefficient (Wildman–Crippen LogP) is 1.73. The van der Waals surface area contributed by atoms with Crippen molar-refractivity contribution in [2.45, 2.75) is 20.0 Å². The Morgan fingerprint density at radius 1 is 1.38 bits per heavy atom.